The molecule has 0 radical (unpaired) electrons. The molecule has 0 aliphatic carbocycles. The number of nitrogen functional groups attached to an aromatic ring is 1. The average Bonchev–Trinajstić information content (AvgIpc) is 2.40. The highest BCUT2D eigenvalue weighted by molar-refractivity contribution is 6.03. The highest BCUT2D eigenvalue weighted by Gasteiger charge is 2.07. The first-order valence-electron chi connectivity index (χ1n) is 4.93. The Bertz CT molecular complexity index is 514. The van der Waals surface area contributed by atoms with Gasteiger partial charge in [0.15, 0.2) is 0 Å². The number of aromatic nitrogens is 2. The summed E-state index contributed by atoms with van der Waals surface area (Å²) in [5, 5.41) is 2.70. The maximum absolute atomic E-state index is 11.8. The molecule has 0 spiro atoms. The van der Waals surface area contributed by atoms with Gasteiger partial charge in [-0.2, -0.15) is 0 Å². The van der Waals surface area contributed by atoms with Gasteiger partial charge in [0.25, 0.3) is 5.91 Å². The van der Waals surface area contributed by atoms with Crippen LogP contribution in [0.4, 0.5) is 11.4 Å². The zero-order valence-electron chi connectivity index (χ0n) is 8.92. The van der Waals surface area contributed by atoms with Crippen molar-refractivity contribution in [3.63, 3.8) is 0 Å². The Labute approximate surface area is 97.9 Å². The number of pyridine rings is 2. The van der Waals surface area contributed by atoms with Crippen LogP contribution in [0.3, 0.4) is 0 Å². The quantitative estimate of drug-likeness (QED) is 0.539. The summed E-state index contributed by atoms with van der Waals surface area (Å²) in [5.74, 6) is 4.96. The van der Waals surface area contributed by atoms with Crippen LogP contribution in [0.5, 0.6) is 0 Å². The predicted octanol–water partition coefficient (Wildman–Crippen LogP) is 1.01. The number of nitrogens with zero attached hydrogens (tertiary/aromatic N) is 2. The molecule has 17 heavy (non-hydrogen) atoms. The van der Waals surface area contributed by atoms with Crippen LogP contribution in [0, 0.1) is 0 Å². The van der Waals surface area contributed by atoms with Crippen LogP contribution in [0.2, 0.25) is 0 Å². The Kier molecular flexibility index (Phi) is 3.27. The summed E-state index contributed by atoms with van der Waals surface area (Å²) in [6, 6.07) is 6.63. The number of amides is 1. The molecule has 4 N–H and O–H groups in total. The van der Waals surface area contributed by atoms with Crippen LogP contribution < -0.4 is 16.6 Å². The lowest BCUT2D eigenvalue weighted by Gasteiger charge is -2.05. The standard InChI is InChI=1S/C11H11N5O/c12-16-9-3-6-14-10(7-9)11(17)15-8-1-4-13-5-2-8/h1-7H,12H2,(H,14,16)(H,13,15,17). The van der Waals surface area contributed by atoms with Gasteiger partial charge in [0.05, 0.1) is 5.69 Å². The van der Waals surface area contributed by atoms with E-state index in [0.717, 1.165) is 0 Å². The summed E-state index contributed by atoms with van der Waals surface area (Å²) in [6.45, 7) is 0. The molecule has 6 nitrogen and oxygen atoms in total. The van der Waals surface area contributed by atoms with Gasteiger partial charge in [-0.25, -0.2) is 0 Å². The Morgan fingerprint density at radius 3 is 2.53 bits per heavy atom. The van der Waals surface area contributed by atoms with Gasteiger partial charge in [0, 0.05) is 24.3 Å². The largest absolute Gasteiger partial charge is 0.324 e. The Morgan fingerprint density at radius 1 is 1.12 bits per heavy atom. The van der Waals surface area contributed by atoms with E-state index in [-0.39, 0.29) is 11.6 Å². The molecular formula is C11H11N5O. The van der Waals surface area contributed by atoms with Crippen LogP contribution in [-0.4, -0.2) is 15.9 Å². The van der Waals surface area contributed by atoms with E-state index in [1.54, 1.807) is 36.7 Å². The maximum atomic E-state index is 11.8. The molecule has 2 aromatic rings. The van der Waals surface area contributed by atoms with Gasteiger partial charge in [-0.1, -0.05) is 0 Å². The van der Waals surface area contributed by atoms with E-state index in [0.29, 0.717) is 11.4 Å². The van der Waals surface area contributed by atoms with E-state index in [4.69, 9.17) is 5.84 Å². The van der Waals surface area contributed by atoms with Crippen molar-refractivity contribution in [1.82, 2.24) is 9.97 Å². The number of hydrogen-bond acceptors (Lipinski definition) is 5. The van der Waals surface area contributed by atoms with Crippen LogP contribution in [0.1, 0.15) is 10.5 Å². The van der Waals surface area contributed by atoms with E-state index in [2.05, 4.69) is 20.7 Å². The summed E-state index contributed by atoms with van der Waals surface area (Å²) in [6.07, 6.45) is 4.71. The lowest BCUT2D eigenvalue weighted by molar-refractivity contribution is 0.102. The SMILES string of the molecule is NNc1ccnc(C(=O)Nc2ccncc2)c1. The molecular weight excluding hydrogens is 218 g/mol. The molecule has 6 heteroatoms. The van der Waals surface area contributed by atoms with E-state index >= 15 is 0 Å². The van der Waals surface area contributed by atoms with E-state index < -0.39 is 0 Å². The third kappa shape index (κ3) is 2.76. The number of anilines is 2. The first-order valence-corrected chi connectivity index (χ1v) is 4.93. The molecule has 0 aliphatic rings. The third-order valence-electron chi connectivity index (χ3n) is 2.10. The van der Waals surface area contributed by atoms with Crippen molar-refractivity contribution in [2.45, 2.75) is 0 Å². The number of hydrazine groups is 1. The van der Waals surface area contributed by atoms with Gasteiger partial charge in [-0.3, -0.25) is 20.6 Å². The monoisotopic (exact) mass is 229 g/mol. The number of rotatable bonds is 3. The zero-order chi connectivity index (χ0) is 12.1. The van der Waals surface area contributed by atoms with Gasteiger partial charge < -0.3 is 10.7 Å². The lowest BCUT2D eigenvalue weighted by atomic mass is 10.3. The minimum atomic E-state index is -0.298. The fourth-order valence-corrected chi connectivity index (χ4v) is 1.27. The molecule has 2 aromatic heterocycles. The van der Waals surface area contributed by atoms with Crippen LogP contribution >= 0.6 is 0 Å². The lowest BCUT2D eigenvalue weighted by Crippen LogP contribution is -2.15. The number of carbonyl (C=O) groups is 1. The smallest absolute Gasteiger partial charge is 0.274 e. The first-order chi connectivity index (χ1) is 8.29. The van der Waals surface area contributed by atoms with Crippen molar-refractivity contribution in [3.05, 3.63) is 48.5 Å². The number of hydrogen-bond donors (Lipinski definition) is 3. The number of nitrogens with one attached hydrogen (secondary N) is 2. The highest BCUT2D eigenvalue weighted by atomic mass is 16.1. The van der Waals surface area contributed by atoms with Gasteiger partial charge >= 0.3 is 0 Å². The number of carbonyl (C=O) groups excluding carboxylic acids is 1. The Hall–Kier alpha value is -2.47. The molecule has 0 aromatic carbocycles. The fourth-order valence-electron chi connectivity index (χ4n) is 1.27. The van der Waals surface area contributed by atoms with Gasteiger partial charge in [-0.05, 0) is 24.3 Å². The zero-order valence-corrected chi connectivity index (χ0v) is 8.92. The molecule has 2 heterocycles. The topological polar surface area (TPSA) is 92.9 Å². The molecule has 0 bridgehead atoms. The second-order valence-electron chi connectivity index (χ2n) is 3.26. The van der Waals surface area contributed by atoms with Crippen molar-refractivity contribution in [2.24, 2.45) is 5.84 Å². The normalized spacial score (nSPS) is 9.71. The summed E-state index contributed by atoms with van der Waals surface area (Å²) in [5.41, 5.74) is 4.03. The van der Waals surface area contributed by atoms with Crippen molar-refractivity contribution in [3.8, 4) is 0 Å². The second kappa shape index (κ2) is 5.04. The van der Waals surface area contributed by atoms with Crippen molar-refractivity contribution >= 4 is 17.3 Å². The molecule has 0 atom stereocenters. The van der Waals surface area contributed by atoms with E-state index in [9.17, 15) is 4.79 Å². The third-order valence-corrected chi connectivity index (χ3v) is 2.10. The second-order valence-corrected chi connectivity index (χ2v) is 3.26. The van der Waals surface area contributed by atoms with Gasteiger partial charge in [0.2, 0.25) is 0 Å². The summed E-state index contributed by atoms with van der Waals surface area (Å²) in [4.78, 5) is 19.6. The number of nitrogens with two attached hydrogens (primary N) is 1. The van der Waals surface area contributed by atoms with E-state index in [1.165, 1.54) is 6.20 Å². The minimum Gasteiger partial charge on any atom is -0.324 e. The molecule has 86 valence electrons. The molecule has 0 saturated heterocycles. The summed E-state index contributed by atoms with van der Waals surface area (Å²) in [7, 11) is 0. The Balaban J connectivity index is 2.14. The molecule has 0 saturated carbocycles. The van der Waals surface area contributed by atoms with E-state index in [1.807, 2.05) is 0 Å². The first kappa shape index (κ1) is 11.0. The van der Waals surface area contributed by atoms with Crippen LogP contribution in [0.25, 0.3) is 0 Å². The maximum Gasteiger partial charge on any atom is 0.274 e. The van der Waals surface area contributed by atoms with Crippen LogP contribution in [0.15, 0.2) is 42.9 Å². The summed E-state index contributed by atoms with van der Waals surface area (Å²) < 4.78 is 0. The highest BCUT2D eigenvalue weighted by Crippen LogP contribution is 2.09. The van der Waals surface area contributed by atoms with Gasteiger partial charge in [-0.15, -0.1) is 0 Å². The van der Waals surface area contributed by atoms with Crippen molar-refractivity contribution in [1.29, 1.82) is 0 Å². The average molecular weight is 229 g/mol. The molecule has 1 amide bonds. The summed E-state index contributed by atoms with van der Waals surface area (Å²) >= 11 is 0. The minimum absolute atomic E-state index is 0.289. The molecule has 0 aliphatic heterocycles. The van der Waals surface area contributed by atoms with Gasteiger partial charge in [0.1, 0.15) is 5.69 Å². The molecule has 0 unspecified atom stereocenters. The van der Waals surface area contributed by atoms with Crippen molar-refractivity contribution in [2.75, 3.05) is 10.7 Å². The molecule has 0 fully saturated rings. The predicted molar refractivity (Wildman–Crippen MR) is 64.2 cm³/mol. The van der Waals surface area contributed by atoms with Crippen LogP contribution in [-0.2, 0) is 0 Å². The van der Waals surface area contributed by atoms with Crippen molar-refractivity contribution < 1.29 is 4.79 Å². The Morgan fingerprint density at radius 2 is 1.82 bits per heavy atom. The molecule has 2 rings (SSSR count). The fraction of sp³-hybridized carbons (Fsp3) is 0.